The number of halogens is 1. The number of aryl methyl sites for hydroxylation is 1. The minimum atomic E-state index is -0.890. The van der Waals surface area contributed by atoms with Gasteiger partial charge in [-0.25, -0.2) is 9.37 Å². The van der Waals surface area contributed by atoms with Gasteiger partial charge in [0.15, 0.2) is 0 Å². The van der Waals surface area contributed by atoms with Gasteiger partial charge in [-0.05, 0) is 17.9 Å². The highest BCUT2D eigenvalue weighted by molar-refractivity contribution is 5.93. The molecule has 1 aliphatic rings. The molecule has 0 spiro atoms. The molecule has 0 unspecified atom stereocenters. The Labute approximate surface area is 147 Å². The highest BCUT2D eigenvalue weighted by Crippen LogP contribution is 2.65. The van der Waals surface area contributed by atoms with Crippen molar-refractivity contribution < 1.29 is 14.3 Å². The van der Waals surface area contributed by atoms with Crippen LogP contribution in [0.4, 0.5) is 4.39 Å². The fraction of sp³-hybridized carbons (Fsp3) is 0.474. The van der Waals surface area contributed by atoms with E-state index in [1.54, 1.807) is 29.3 Å². The molecule has 1 heterocycles. The number of amides is 1. The molecular weight excluding hydrogens is 321 g/mol. The lowest BCUT2D eigenvalue weighted by Crippen LogP contribution is -2.43. The second-order valence-corrected chi connectivity index (χ2v) is 7.35. The lowest BCUT2D eigenvalue weighted by molar-refractivity contribution is -0.136. The molecule has 1 aromatic carbocycles. The monoisotopic (exact) mass is 345 g/mol. The number of rotatable bonds is 6. The number of aliphatic hydroxyl groups excluding tert-OH is 1. The predicted octanol–water partition coefficient (Wildman–Crippen LogP) is 2.25. The lowest BCUT2D eigenvalue weighted by Gasteiger charge is -2.29. The maximum atomic E-state index is 14.5. The first kappa shape index (κ1) is 17.6. The van der Waals surface area contributed by atoms with E-state index in [2.05, 4.69) is 4.98 Å². The van der Waals surface area contributed by atoms with Gasteiger partial charge in [-0.1, -0.05) is 32.0 Å². The Morgan fingerprint density at radius 2 is 2.08 bits per heavy atom. The summed E-state index contributed by atoms with van der Waals surface area (Å²) < 4.78 is 16.3. The molecule has 3 rings (SSSR count). The molecule has 1 aromatic heterocycles. The van der Waals surface area contributed by atoms with Gasteiger partial charge in [0, 0.05) is 31.5 Å². The van der Waals surface area contributed by atoms with Crippen LogP contribution in [-0.2, 0) is 23.8 Å². The molecule has 1 atom stereocenters. The molecule has 25 heavy (non-hydrogen) atoms. The predicted molar refractivity (Wildman–Crippen MR) is 92.2 cm³/mol. The number of benzene rings is 1. The van der Waals surface area contributed by atoms with E-state index < -0.39 is 5.41 Å². The van der Waals surface area contributed by atoms with Crippen LogP contribution in [0.15, 0.2) is 36.7 Å². The van der Waals surface area contributed by atoms with Crippen LogP contribution in [-0.4, -0.2) is 38.6 Å². The molecule has 0 saturated heterocycles. The fourth-order valence-electron chi connectivity index (χ4n) is 3.73. The van der Waals surface area contributed by atoms with Crippen LogP contribution in [0.2, 0.25) is 0 Å². The van der Waals surface area contributed by atoms with Crippen molar-refractivity contribution in [2.24, 2.45) is 12.5 Å². The van der Waals surface area contributed by atoms with Crippen LogP contribution in [0.3, 0.4) is 0 Å². The minimum Gasteiger partial charge on any atom is -0.395 e. The number of hydrogen-bond acceptors (Lipinski definition) is 3. The van der Waals surface area contributed by atoms with E-state index in [1.807, 2.05) is 31.7 Å². The molecule has 6 heteroatoms. The quantitative estimate of drug-likeness (QED) is 0.874. The van der Waals surface area contributed by atoms with Gasteiger partial charge in [-0.15, -0.1) is 0 Å². The summed E-state index contributed by atoms with van der Waals surface area (Å²) in [5, 5.41) is 9.43. The molecular formula is C19H24FN3O2. The summed E-state index contributed by atoms with van der Waals surface area (Å²) in [6, 6.07) is 6.48. The first-order chi connectivity index (χ1) is 11.8. The van der Waals surface area contributed by atoms with E-state index in [9.17, 15) is 14.3 Å². The Morgan fingerprint density at radius 1 is 1.40 bits per heavy atom. The Hall–Kier alpha value is -2.21. The van der Waals surface area contributed by atoms with Gasteiger partial charge < -0.3 is 14.6 Å². The lowest BCUT2D eigenvalue weighted by atomic mass is 9.86. The SMILES string of the molecule is Cn1ccnc1CN(CCO)C(=O)[C@]1(c2ccccc2F)CC1(C)C. The summed E-state index contributed by atoms with van der Waals surface area (Å²) in [7, 11) is 1.86. The fourth-order valence-corrected chi connectivity index (χ4v) is 3.73. The van der Waals surface area contributed by atoms with Crippen molar-refractivity contribution in [3.05, 3.63) is 53.9 Å². The van der Waals surface area contributed by atoms with Gasteiger partial charge in [0.05, 0.1) is 18.6 Å². The minimum absolute atomic E-state index is 0.149. The molecule has 134 valence electrons. The third-order valence-electron chi connectivity index (χ3n) is 5.35. The maximum Gasteiger partial charge on any atom is 0.234 e. The number of aliphatic hydroxyl groups is 1. The number of aromatic nitrogens is 2. The number of carbonyl (C=O) groups is 1. The molecule has 0 bridgehead atoms. The van der Waals surface area contributed by atoms with Crippen LogP contribution in [0.5, 0.6) is 0 Å². The summed E-state index contributed by atoms with van der Waals surface area (Å²) >= 11 is 0. The van der Waals surface area contributed by atoms with Gasteiger partial charge in [0.2, 0.25) is 5.91 Å². The van der Waals surface area contributed by atoms with Crippen LogP contribution in [0.1, 0.15) is 31.7 Å². The molecule has 5 nitrogen and oxygen atoms in total. The first-order valence-electron chi connectivity index (χ1n) is 8.45. The van der Waals surface area contributed by atoms with Crippen LogP contribution in [0.25, 0.3) is 0 Å². The van der Waals surface area contributed by atoms with E-state index in [0.717, 1.165) is 5.82 Å². The third kappa shape index (κ3) is 2.84. The Bertz CT molecular complexity index is 786. The highest BCUT2D eigenvalue weighted by Gasteiger charge is 2.68. The normalized spacial score (nSPS) is 21.2. The second kappa shape index (κ2) is 6.26. The van der Waals surface area contributed by atoms with E-state index in [-0.39, 0.29) is 36.8 Å². The number of imidazole rings is 1. The van der Waals surface area contributed by atoms with Crippen LogP contribution < -0.4 is 0 Å². The van der Waals surface area contributed by atoms with Crippen molar-refractivity contribution in [3.63, 3.8) is 0 Å². The van der Waals surface area contributed by atoms with Crippen LogP contribution >= 0.6 is 0 Å². The van der Waals surface area contributed by atoms with Crippen molar-refractivity contribution in [2.75, 3.05) is 13.2 Å². The standard InChI is InChI=1S/C19H24FN3O2/c1-18(2)13-19(18,14-6-4-5-7-15(14)20)17(25)23(10-11-24)12-16-21-8-9-22(16)3/h4-9,24H,10-13H2,1-3H3/t19-/m1/s1. The zero-order valence-corrected chi connectivity index (χ0v) is 14.9. The second-order valence-electron chi connectivity index (χ2n) is 7.35. The van der Waals surface area contributed by atoms with Crippen LogP contribution in [0, 0.1) is 11.2 Å². The average molecular weight is 345 g/mol. The maximum absolute atomic E-state index is 14.5. The molecule has 1 fully saturated rings. The molecule has 0 aliphatic heterocycles. The molecule has 1 amide bonds. The Morgan fingerprint density at radius 3 is 2.60 bits per heavy atom. The van der Waals surface area contributed by atoms with Crippen molar-refractivity contribution in [1.82, 2.24) is 14.5 Å². The van der Waals surface area contributed by atoms with Gasteiger partial charge in [-0.2, -0.15) is 0 Å². The van der Waals surface area contributed by atoms with E-state index in [4.69, 9.17) is 0 Å². The number of nitrogens with zero attached hydrogens (tertiary/aromatic N) is 3. The number of hydrogen-bond donors (Lipinski definition) is 1. The van der Waals surface area contributed by atoms with Gasteiger partial charge >= 0.3 is 0 Å². The Kier molecular flexibility index (Phi) is 4.41. The molecule has 1 aliphatic carbocycles. The van der Waals surface area contributed by atoms with Gasteiger partial charge in [-0.3, -0.25) is 4.79 Å². The summed E-state index contributed by atoms with van der Waals surface area (Å²) in [4.78, 5) is 19.3. The van der Waals surface area contributed by atoms with Crippen molar-refractivity contribution in [2.45, 2.75) is 32.2 Å². The first-order valence-corrected chi connectivity index (χ1v) is 8.45. The average Bonchev–Trinajstić information content (AvgIpc) is 2.92. The molecule has 1 N–H and O–H groups in total. The molecule has 0 radical (unpaired) electrons. The number of carbonyl (C=O) groups excluding carboxylic acids is 1. The molecule has 2 aromatic rings. The van der Waals surface area contributed by atoms with Gasteiger partial charge in [0.1, 0.15) is 11.6 Å². The van der Waals surface area contributed by atoms with E-state index in [1.165, 1.54) is 6.07 Å². The third-order valence-corrected chi connectivity index (χ3v) is 5.35. The van der Waals surface area contributed by atoms with Crippen molar-refractivity contribution in [3.8, 4) is 0 Å². The summed E-state index contributed by atoms with van der Waals surface area (Å²) in [6.07, 6.45) is 4.07. The van der Waals surface area contributed by atoms with Crippen molar-refractivity contribution >= 4 is 5.91 Å². The largest absolute Gasteiger partial charge is 0.395 e. The zero-order valence-electron chi connectivity index (χ0n) is 14.9. The Balaban J connectivity index is 1.97. The zero-order chi connectivity index (χ0) is 18.2. The molecule has 1 saturated carbocycles. The van der Waals surface area contributed by atoms with Gasteiger partial charge in [0.25, 0.3) is 0 Å². The highest BCUT2D eigenvalue weighted by atomic mass is 19.1. The van der Waals surface area contributed by atoms with E-state index >= 15 is 0 Å². The van der Waals surface area contributed by atoms with E-state index in [0.29, 0.717) is 12.0 Å². The van der Waals surface area contributed by atoms with Crippen molar-refractivity contribution in [1.29, 1.82) is 0 Å². The topological polar surface area (TPSA) is 58.4 Å². The summed E-state index contributed by atoms with van der Waals surface area (Å²) in [5.41, 5.74) is -0.784. The summed E-state index contributed by atoms with van der Waals surface area (Å²) in [6.45, 7) is 4.29. The summed E-state index contributed by atoms with van der Waals surface area (Å²) in [5.74, 6) is 0.214. The smallest absolute Gasteiger partial charge is 0.234 e.